The Balaban J connectivity index is 1.97. The van der Waals surface area contributed by atoms with Crippen LogP contribution in [0.2, 0.25) is 0 Å². The van der Waals surface area contributed by atoms with Gasteiger partial charge in [0, 0.05) is 36.1 Å². The van der Waals surface area contributed by atoms with Crippen molar-refractivity contribution in [3.63, 3.8) is 0 Å². The number of hydrogen-bond donors (Lipinski definition) is 2. The number of anilines is 2. The number of hydrazine groups is 1. The van der Waals surface area contributed by atoms with Crippen LogP contribution in [-0.4, -0.2) is 34.6 Å². The van der Waals surface area contributed by atoms with Gasteiger partial charge in [0.25, 0.3) is 0 Å². The van der Waals surface area contributed by atoms with Crippen LogP contribution in [0, 0.1) is 6.92 Å². The number of aromatic nitrogens is 2. The fraction of sp³-hybridized carbons (Fsp3) is 0.667. The van der Waals surface area contributed by atoms with Gasteiger partial charge in [0.05, 0.1) is 0 Å². The number of nitrogens with zero attached hydrogens (tertiary/aromatic N) is 3. The second kappa shape index (κ2) is 4.93. The predicted molar refractivity (Wildman–Crippen MR) is 76.1 cm³/mol. The van der Waals surface area contributed by atoms with Gasteiger partial charge in [-0.3, -0.25) is 0 Å². The highest BCUT2D eigenvalue weighted by Crippen LogP contribution is 2.40. The Kier molecular flexibility index (Phi) is 3.30. The Morgan fingerprint density at radius 3 is 2.61 bits per heavy atom. The number of thioether (sulfide) groups is 1. The van der Waals surface area contributed by atoms with Gasteiger partial charge in [0.1, 0.15) is 17.5 Å². The molecule has 0 unspecified atom stereocenters. The van der Waals surface area contributed by atoms with Gasteiger partial charge >= 0.3 is 0 Å². The van der Waals surface area contributed by atoms with E-state index in [9.17, 15) is 0 Å². The summed E-state index contributed by atoms with van der Waals surface area (Å²) in [6.07, 6.45) is 2.42. The molecule has 0 amide bonds. The zero-order chi connectivity index (χ0) is 12.5. The quantitative estimate of drug-likeness (QED) is 0.638. The van der Waals surface area contributed by atoms with E-state index in [0.717, 1.165) is 36.1 Å². The highest BCUT2D eigenvalue weighted by molar-refractivity contribution is 7.99. The van der Waals surface area contributed by atoms with Crippen LogP contribution in [0.15, 0.2) is 0 Å². The molecule has 3 N–H and O–H groups in total. The molecule has 0 atom stereocenters. The van der Waals surface area contributed by atoms with Gasteiger partial charge in [0.15, 0.2) is 0 Å². The van der Waals surface area contributed by atoms with Crippen molar-refractivity contribution in [3.05, 3.63) is 11.4 Å². The normalized spacial score (nSPS) is 20.0. The summed E-state index contributed by atoms with van der Waals surface area (Å²) in [5.74, 6) is 11.3. The molecule has 1 aromatic heterocycles. The minimum Gasteiger partial charge on any atom is -0.355 e. The van der Waals surface area contributed by atoms with Crippen LogP contribution in [0.4, 0.5) is 11.6 Å². The first-order valence-electron chi connectivity index (χ1n) is 6.47. The van der Waals surface area contributed by atoms with Crippen molar-refractivity contribution in [1.29, 1.82) is 0 Å². The maximum absolute atomic E-state index is 5.58. The molecule has 0 aromatic carbocycles. The lowest BCUT2D eigenvalue weighted by molar-refractivity contribution is 0.808. The third kappa shape index (κ3) is 2.27. The first-order chi connectivity index (χ1) is 8.79. The van der Waals surface area contributed by atoms with E-state index < -0.39 is 0 Å². The van der Waals surface area contributed by atoms with Crippen molar-refractivity contribution in [1.82, 2.24) is 9.97 Å². The van der Waals surface area contributed by atoms with Gasteiger partial charge in [-0.2, -0.15) is 11.8 Å². The molecule has 98 valence electrons. The molecule has 1 aliphatic carbocycles. The summed E-state index contributed by atoms with van der Waals surface area (Å²) in [6, 6.07) is 0. The number of nitrogen functional groups attached to an aromatic ring is 1. The predicted octanol–water partition coefficient (Wildman–Crippen LogP) is 1.50. The van der Waals surface area contributed by atoms with E-state index in [1.165, 1.54) is 24.3 Å². The Hall–Kier alpha value is -1.01. The third-order valence-corrected chi connectivity index (χ3v) is 4.47. The van der Waals surface area contributed by atoms with Gasteiger partial charge in [-0.05, 0) is 19.8 Å². The Morgan fingerprint density at radius 2 is 2.00 bits per heavy atom. The van der Waals surface area contributed by atoms with E-state index in [1.807, 2.05) is 18.7 Å². The van der Waals surface area contributed by atoms with E-state index in [0.29, 0.717) is 5.92 Å². The second-order valence-electron chi connectivity index (χ2n) is 4.90. The topological polar surface area (TPSA) is 67.1 Å². The molecule has 0 radical (unpaired) electrons. The minimum absolute atomic E-state index is 0.551. The maximum Gasteiger partial charge on any atom is 0.148 e. The third-order valence-electron chi connectivity index (χ3n) is 3.53. The smallest absolute Gasteiger partial charge is 0.148 e. The summed E-state index contributed by atoms with van der Waals surface area (Å²) in [7, 11) is 0. The van der Waals surface area contributed by atoms with E-state index >= 15 is 0 Å². The lowest BCUT2D eigenvalue weighted by Crippen LogP contribution is -2.34. The van der Waals surface area contributed by atoms with Crippen molar-refractivity contribution in [2.75, 3.05) is 34.9 Å². The average Bonchev–Trinajstić information content (AvgIpc) is 3.24. The van der Waals surface area contributed by atoms with Crippen LogP contribution < -0.4 is 16.2 Å². The molecule has 2 heterocycles. The summed E-state index contributed by atoms with van der Waals surface area (Å²) in [5, 5.41) is 0. The van der Waals surface area contributed by atoms with Crippen LogP contribution in [0.5, 0.6) is 0 Å². The van der Waals surface area contributed by atoms with Crippen molar-refractivity contribution < 1.29 is 0 Å². The van der Waals surface area contributed by atoms with Gasteiger partial charge in [-0.1, -0.05) is 0 Å². The van der Waals surface area contributed by atoms with Crippen molar-refractivity contribution in [3.8, 4) is 0 Å². The van der Waals surface area contributed by atoms with E-state index in [4.69, 9.17) is 10.8 Å². The lowest BCUT2D eigenvalue weighted by atomic mass is 10.2. The summed E-state index contributed by atoms with van der Waals surface area (Å²) in [4.78, 5) is 11.7. The SMILES string of the molecule is Cc1c(NN)nc(C2CC2)nc1N1CCSCC1. The number of nitrogens with two attached hydrogens (primary N) is 1. The first kappa shape index (κ1) is 12.0. The van der Waals surface area contributed by atoms with Crippen LogP contribution in [0.25, 0.3) is 0 Å². The standard InChI is InChI=1S/C12H19N5S/c1-8-10(16-13)14-11(9-2-3-9)15-12(8)17-4-6-18-7-5-17/h9H,2-7,13H2,1H3,(H,14,15,16). The highest BCUT2D eigenvalue weighted by Gasteiger charge is 2.29. The van der Waals surface area contributed by atoms with Crippen molar-refractivity contribution in [2.24, 2.45) is 5.84 Å². The molecule has 2 fully saturated rings. The van der Waals surface area contributed by atoms with Gasteiger partial charge in [0.2, 0.25) is 0 Å². The van der Waals surface area contributed by atoms with Crippen LogP contribution >= 0.6 is 11.8 Å². The highest BCUT2D eigenvalue weighted by atomic mass is 32.2. The maximum atomic E-state index is 5.58. The van der Waals surface area contributed by atoms with Crippen molar-refractivity contribution in [2.45, 2.75) is 25.7 Å². The fourth-order valence-electron chi connectivity index (χ4n) is 2.27. The molecule has 2 aliphatic rings. The average molecular weight is 265 g/mol. The van der Waals surface area contributed by atoms with E-state index in [2.05, 4.69) is 15.3 Å². The summed E-state index contributed by atoms with van der Waals surface area (Å²) < 4.78 is 0. The molecule has 1 aromatic rings. The number of rotatable bonds is 3. The van der Waals surface area contributed by atoms with E-state index in [-0.39, 0.29) is 0 Å². The Labute approximate surface area is 112 Å². The van der Waals surface area contributed by atoms with Crippen LogP contribution in [0.3, 0.4) is 0 Å². The zero-order valence-electron chi connectivity index (χ0n) is 10.6. The molecule has 0 bridgehead atoms. The van der Waals surface area contributed by atoms with Gasteiger partial charge in [-0.15, -0.1) is 0 Å². The van der Waals surface area contributed by atoms with Gasteiger partial charge in [-0.25, -0.2) is 15.8 Å². The minimum atomic E-state index is 0.551. The molecular formula is C12H19N5S. The summed E-state index contributed by atoms with van der Waals surface area (Å²) in [5.41, 5.74) is 3.78. The lowest BCUT2D eigenvalue weighted by Gasteiger charge is -2.29. The zero-order valence-corrected chi connectivity index (χ0v) is 11.5. The Bertz CT molecular complexity index is 440. The molecular weight excluding hydrogens is 246 g/mol. The molecule has 1 saturated carbocycles. The summed E-state index contributed by atoms with van der Waals surface area (Å²) in [6.45, 7) is 4.18. The number of nitrogens with one attached hydrogen (secondary N) is 1. The van der Waals surface area contributed by atoms with Crippen molar-refractivity contribution >= 4 is 23.4 Å². The van der Waals surface area contributed by atoms with Crippen LogP contribution in [-0.2, 0) is 0 Å². The molecule has 3 rings (SSSR count). The molecule has 1 saturated heterocycles. The Morgan fingerprint density at radius 1 is 1.28 bits per heavy atom. The summed E-state index contributed by atoms with van der Waals surface area (Å²) >= 11 is 2.01. The molecule has 6 heteroatoms. The molecule has 0 spiro atoms. The molecule has 1 aliphatic heterocycles. The monoisotopic (exact) mass is 265 g/mol. The largest absolute Gasteiger partial charge is 0.355 e. The van der Waals surface area contributed by atoms with E-state index in [1.54, 1.807) is 0 Å². The number of hydrogen-bond acceptors (Lipinski definition) is 6. The van der Waals surface area contributed by atoms with Gasteiger partial charge < -0.3 is 10.3 Å². The molecule has 5 nitrogen and oxygen atoms in total. The fourth-order valence-corrected chi connectivity index (χ4v) is 3.17. The molecule has 18 heavy (non-hydrogen) atoms. The first-order valence-corrected chi connectivity index (χ1v) is 7.63. The second-order valence-corrected chi connectivity index (χ2v) is 6.12. The van der Waals surface area contributed by atoms with Crippen LogP contribution in [0.1, 0.15) is 30.1 Å².